The van der Waals surface area contributed by atoms with Crippen molar-refractivity contribution in [3.63, 3.8) is 0 Å². The topological polar surface area (TPSA) is 113 Å². The van der Waals surface area contributed by atoms with Crippen LogP contribution >= 0.6 is 0 Å². The summed E-state index contributed by atoms with van der Waals surface area (Å²) in [6, 6.07) is 7.84. The van der Waals surface area contributed by atoms with Gasteiger partial charge in [0.05, 0.1) is 5.75 Å². The number of hydrogen-bond acceptors (Lipinski definition) is 5. The first-order chi connectivity index (χ1) is 15.3. The second-order valence-electron chi connectivity index (χ2n) is 9.12. The Kier molecular flexibility index (Phi) is 6.83. The maximum Gasteiger partial charge on any atom is 0.249 e. The van der Waals surface area contributed by atoms with Crippen LogP contribution in [0.25, 0.3) is 0 Å². The minimum absolute atomic E-state index is 0.0719. The second kappa shape index (κ2) is 9.60. The number of amides is 3. The molecule has 8 nitrogen and oxygen atoms in total. The normalized spacial score (nSPS) is 25.5. The van der Waals surface area contributed by atoms with Gasteiger partial charge in [-0.2, -0.15) is 0 Å². The predicted octanol–water partition coefficient (Wildman–Crippen LogP) is 1.16. The fraction of sp³-hybridized carbons (Fsp3) is 0.609. The van der Waals surface area contributed by atoms with Crippen LogP contribution in [0.4, 0.5) is 0 Å². The highest BCUT2D eigenvalue weighted by Gasteiger charge is 2.59. The molecule has 3 aliphatic rings. The maximum absolute atomic E-state index is 13.1. The fourth-order valence-corrected chi connectivity index (χ4v) is 6.94. The summed E-state index contributed by atoms with van der Waals surface area (Å²) >= 11 is 0. The number of β-lactam (4-membered cyclic amide) rings is 1. The molecule has 2 aliphatic heterocycles. The Morgan fingerprint density at radius 1 is 1.09 bits per heavy atom. The summed E-state index contributed by atoms with van der Waals surface area (Å²) < 4.78 is 24.5. The van der Waals surface area contributed by atoms with Crippen molar-refractivity contribution < 1.29 is 22.8 Å². The molecule has 1 saturated carbocycles. The first kappa shape index (κ1) is 22.8. The Morgan fingerprint density at radius 2 is 1.81 bits per heavy atom. The summed E-state index contributed by atoms with van der Waals surface area (Å²) in [5.41, 5.74) is 1.04. The number of aryl methyl sites for hydroxylation is 1. The second-order valence-corrected chi connectivity index (χ2v) is 11.3. The van der Waals surface area contributed by atoms with Gasteiger partial charge in [-0.1, -0.05) is 62.4 Å². The third-order valence-electron chi connectivity index (χ3n) is 6.85. The van der Waals surface area contributed by atoms with Gasteiger partial charge < -0.3 is 15.5 Å². The smallest absolute Gasteiger partial charge is 0.249 e. The van der Waals surface area contributed by atoms with Gasteiger partial charge in [-0.25, -0.2) is 8.42 Å². The zero-order chi connectivity index (χ0) is 22.7. The lowest BCUT2D eigenvalue weighted by atomic mass is 9.84. The molecule has 9 heteroatoms. The predicted molar refractivity (Wildman–Crippen MR) is 119 cm³/mol. The number of sulfone groups is 1. The molecule has 3 atom stereocenters. The maximum atomic E-state index is 13.1. The average Bonchev–Trinajstić information content (AvgIpc) is 3.08. The molecule has 3 fully saturated rings. The summed E-state index contributed by atoms with van der Waals surface area (Å²) in [4.78, 5) is 39.3. The van der Waals surface area contributed by atoms with E-state index in [9.17, 15) is 22.8 Å². The van der Waals surface area contributed by atoms with Crippen LogP contribution in [0.15, 0.2) is 30.3 Å². The van der Waals surface area contributed by atoms with E-state index in [4.69, 9.17) is 0 Å². The molecule has 0 unspecified atom stereocenters. The van der Waals surface area contributed by atoms with E-state index in [2.05, 4.69) is 10.6 Å². The van der Waals surface area contributed by atoms with Crippen molar-refractivity contribution in [2.45, 2.75) is 68.8 Å². The van der Waals surface area contributed by atoms with Gasteiger partial charge in [0.1, 0.15) is 12.1 Å². The highest BCUT2D eigenvalue weighted by Crippen LogP contribution is 2.31. The lowest BCUT2D eigenvalue weighted by molar-refractivity contribution is -0.148. The highest BCUT2D eigenvalue weighted by molar-refractivity contribution is 7.92. The van der Waals surface area contributed by atoms with E-state index in [0.717, 1.165) is 31.2 Å². The number of benzene rings is 1. The Hall–Kier alpha value is -2.42. The first-order valence-electron chi connectivity index (χ1n) is 11.5. The fourth-order valence-electron chi connectivity index (χ4n) is 5.05. The molecule has 0 spiro atoms. The molecule has 2 heterocycles. The lowest BCUT2D eigenvalue weighted by Gasteiger charge is -2.41. The Morgan fingerprint density at radius 3 is 2.53 bits per heavy atom. The van der Waals surface area contributed by atoms with Crippen LogP contribution in [-0.4, -0.2) is 60.8 Å². The van der Waals surface area contributed by atoms with E-state index in [1.54, 1.807) is 0 Å². The van der Waals surface area contributed by atoms with Gasteiger partial charge in [0, 0.05) is 13.0 Å². The Labute approximate surface area is 189 Å². The molecule has 1 aromatic carbocycles. The molecule has 3 amide bonds. The van der Waals surface area contributed by atoms with Gasteiger partial charge in [-0.3, -0.25) is 14.4 Å². The summed E-state index contributed by atoms with van der Waals surface area (Å²) in [6.07, 6.45) is 6.75. The SMILES string of the molecule is O=C(CCc1ccccc1)N[C@@H](CC1CCCCC1)C(=O)N[C@@H]1C(=O)N2CCS(=O)(=O)[C@@H]12. The van der Waals surface area contributed by atoms with Crippen LogP contribution in [0.1, 0.15) is 50.5 Å². The van der Waals surface area contributed by atoms with Crippen LogP contribution in [-0.2, 0) is 30.6 Å². The van der Waals surface area contributed by atoms with Crippen molar-refractivity contribution in [2.75, 3.05) is 12.3 Å². The van der Waals surface area contributed by atoms with Crippen LogP contribution in [0, 0.1) is 5.92 Å². The summed E-state index contributed by atoms with van der Waals surface area (Å²) in [7, 11) is -3.43. The molecule has 32 heavy (non-hydrogen) atoms. The van der Waals surface area contributed by atoms with E-state index in [-0.39, 0.29) is 30.5 Å². The van der Waals surface area contributed by atoms with Crippen LogP contribution in [0.3, 0.4) is 0 Å². The van der Waals surface area contributed by atoms with E-state index >= 15 is 0 Å². The Balaban J connectivity index is 1.39. The van der Waals surface area contributed by atoms with E-state index < -0.39 is 33.2 Å². The van der Waals surface area contributed by atoms with Gasteiger partial charge in [-0.15, -0.1) is 0 Å². The third-order valence-corrected chi connectivity index (χ3v) is 8.87. The molecule has 1 aliphatic carbocycles. The van der Waals surface area contributed by atoms with Crippen molar-refractivity contribution in [3.05, 3.63) is 35.9 Å². The number of fused-ring (bicyclic) bond motifs is 1. The first-order valence-corrected chi connectivity index (χ1v) is 13.2. The van der Waals surface area contributed by atoms with Crippen molar-refractivity contribution in [2.24, 2.45) is 5.92 Å². The van der Waals surface area contributed by atoms with Crippen LogP contribution < -0.4 is 10.6 Å². The van der Waals surface area contributed by atoms with E-state index in [1.807, 2.05) is 30.3 Å². The monoisotopic (exact) mass is 461 g/mol. The van der Waals surface area contributed by atoms with E-state index in [0.29, 0.717) is 18.8 Å². The van der Waals surface area contributed by atoms with Crippen LogP contribution in [0.2, 0.25) is 0 Å². The molecule has 2 saturated heterocycles. The molecular formula is C23H31N3O5S. The van der Waals surface area contributed by atoms with Crippen LogP contribution in [0.5, 0.6) is 0 Å². The van der Waals surface area contributed by atoms with Gasteiger partial charge in [0.2, 0.25) is 17.7 Å². The van der Waals surface area contributed by atoms with Crippen molar-refractivity contribution >= 4 is 27.6 Å². The van der Waals surface area contributed by atoms with Gasteiger partial charge >= 0.3 is 0 Å². The lowest BCUT2D eigenvalue weighted by Crippen LogP contribution is -2.71. The van der Waals surface area contributed by atoms with Gasteiger partial charge in [0.25, 0.3) is 0 Å². The summed E-state index contributed by atoms with van der Waals surface area (Å²) in [5, 5.41) is 4.53. The minimum atomic E-state index is -3.43. The quantitative estimate of drug-likeness (QED) is 0.564. The average molecular weight is 462 g/mol. The number of carbonyl (C=O) groups is 3. The molecule has 2 N–H and O–H groups in total. The molecule has 4 rings (SSSR count). The summed E-state index contributed by atoms with van der Waals surface area (Å²) in [5.74, 6) is -0.796. The van der Waals surface area contributed by atoms with Crippen molar-refractivity contribution in [1.29, 1.82) is 0 Å². The summed E-state index contributed by atoms with van der Waals surface area (Å²) in [6.45, 7) is 0.180. The van der Waals surface area contributed by atoms with Crippen molar-refractivity contribution in [1.82, 2.24) is 15.5 Å². The zero-order valence-electron chi connectivity index (χ0n) is 18.2. The number of rotatable bonds is 8. The number of nitrogens with zero attached hydrogens (tertiary/aromatic N) is 1. The molecule has 0 aromatic heterocycles. The molecule has 0 radical (unpaired) electrons. The number of nitrogens with one attached hydrogen (secondary N) is 2. The van der Waals surface area contributed by atoms with Crippen molar-refractivity contribution in [3.8, 4) is 0 Å². The van der Waals surface area contributed by atoms with E-state index in [1.165, 1.54) is 11.3 Å². The third kappa shape index (κ3) is 4.98. The standard InChI is InChI=1S/C23H31N3O5S/c27-19(12-11-16-7-3-1-4-8-16)24-18(15-17-9-5-2-6-10-17)21(28)25-20-22(29)26-13-14-32(30,31)23(20)26/h1,3-4,7-8,17-18,20,23H,2,5-6,9-15H2,(H,24,27)(H,25,28)/t18-,20+,23-/m0/s1. The highest BCUT2D eigenvalue weighted by atomic mass is 32.2. The molecule has 0 bridgehead atoms. The number of hydrogen-bond donors (Lipinski definition) is 2. The zero-order valence-corrected chi connectivity index (χ0v) is 19.0. The number of carbonyl (C=O) groups excluding carboxylic acids is 3. The largest absolute Gasteiger partial charge is 0.344 e. The van der Waals surface area contributed by atoms with Gasteiger partial charge in [0.15, 0.2) is 15.2 Å². The van der Waals surface area contributed by atoms with Gasteiger partial charge in [-0.05, 0) is 24.3 Å². The minimum Gasteiger partial charge on any atom is -0.344 e. The molecular weight excluding hydrogens is 430 g/mol. The molecule has 1 aromatic rings. The molecule has 174 valence electrons. The Bertz CT molecular complexity index is 959.